The van der Waals surface area contributed by atoms with Crippen LogP contribution in [0.25, 0.3) is 0 Å². The summed E-state index contributed by atoms with van der Waals surface area (Å²) in [4.78, 5) is 1.55. The van der Waals surface area contributed by atoms with Gasteiger partial charge in [0.05, 0.1) is 0 Å². The third-order valence-electron chi connectivity index (χ3n) is 3.70. The summed E-state index contributed by atoms with van der Waals surface area (Å²) in [6.07, 6.45) is 8.38. The fourth-order valence-electron chi connectivity index (χ4n) is 2.86. The molecule has 2 rings (SSSR count). The first-order valence-corrected chi connectivity index (χ1v) is 6.90. The second kappa shape index (κ2) is 5.13. The minimum atomic E-state index is 0.610. The van der Waals surface area contributed by atoms with Crippen molar-refractivity contribution in [2.75, 3.05) is 13.6 Å². The molecule has 0 atom stereocenters. The molecule has 1 saturated carbocycles. The lowest BCUT2D eigenvalue weighted by Gasteiger charge is -2.28. The highest BCUT2D eigenvalue weighted by atomic mass is 32.1. The van der Waals surface area contributed by atoms with Gasteiger partial charge in [-0.15, -0.1) is 11.3 Å². The molecule has 1 aliphatic rings. The smallest absolute Gasteiger partial charge is 0.00454 e. The lowest BCUT2D eigenvalue weighted by Crippen LogP contribution is -2.30. The van der Waals surface area contributed by atoms with E-state index < -0.39 is 0 Å². The Bertz CT molecular complexity index is 273. The molecule has 2 heteroatoms. The molecule has 1 N–H and O–H groups in total. The minimum absolute atomic E-state index is 0.610. The fraction of sp³-hybridized carbons (Fsp3) is 0.692. The summed E-state index contributed by atoms with van der Waals surface area (Å²) in [6.45, 7) is 1.21. The molecule has 0 aliphatic heterocycles. The SMILES string of the molecule is CNCC1(CCc2cccs2)CCCC1. The second-order valence-corrected chi connectivity index (χ2v) is 5.85. The van der Waals surface area contributed by atoms with E-state index in [1.165, 1.54) is 45.1 Å². The highest BCUT2D eigenvalue weighted by molar-refractivity contribution is 7.09. The Kier molecular flexibility index (Phi) is 3.81. The van der Waals surface area contributed by atoms with Crippen LogP contribution >= 0.6 is 11.3 Å². The van der Waals surface area contributed by atoms with Crippen LogP contribution in [-0.2, 0) is 6.42 Å². The third-order valence-corrected chi connectivity index (χ3v) is 4.63. The molecule has 1 heterocycles. The van der Waals surface area contributed by atoms with Crippen LogP contribution in [0.4, 0.5) is 0 Å². The largest absolute Gasteiger partial charge is 0.319 e. The topological polar surface area (TPSA) is 12.0 Å². The van der Waals surface area contributed by atoms with Crippen LogP contribution in [0.2, 0.25) is 0 Å². The van der Waals surface area contributed by atoms with Crippen molar-refractivity contribution in [3.05, 3.63) is 22.4 Å². The van der Waals surface area contributed by atoms with Crippen molar-refractivity contribution in [2.45, 2.75) is 38.5 Å². The number of rotatable bonds is 5. The summed E-state index contributed by atoms with van der Waals surface area (Å²) in [5.74, 6) is 0. The van der Waals surface area contributed by atoms with Crippen molar-refractivity contribution in [1.29, 1.82) is 0 Å². The van der Waals surface area contributed by atoms with Crippen molar-refractivity contribution < 1.29 is 0 Å². The van der Waals surface area contributed by atoms with E-state index in [1.54, 1.807) is 4.88 Å². The molecule has 15 heavy (non-hydrogen) atoms. The molecule has 0 aromatic carbocycles. The normalized spacial score (nSPS) is 19.5. The van der Waals surface area contributed by atoms with E-state index >= 15 is 0 Å². The van der Waals surface area contributed by atoms with E-state index in [0.29, 0.717) is 5.41 Å². The zero-order valence-electron chi connectivity index (χ0n) is 9.59. The molecule has 1 aliphatic carbocycles. The number of thiophene rings is 1. The second-order valence-electron chi connectivity index (χ2n) is 4.82. The Morgan fingerprint density at radius 3 is 2.80 bits per heavy atom. The van der Waals surface area contributed by atoms with Crippen LogP contribution in [0.5, 0.6) is 0 Å². The Hall–Kier alpha value is -0.340. The first kappa shape index (κ1) is 11.2. The number of aryl methyl sites for hydroxylation is 1. The van der Waals surface area contributed by atoms with E-state index in [0.717, 1.165) is 0 Å². The number of nitrogens with one attached hydrogen (secondary N) is 1. The maximum atomic E-state index is 3.38. The summed E-state index contributed by atoms with van der Waals surface area (Å²) in [5, 5.41) is 5.57. The lowest BCUT2D eigenvalue weighted by atomic mass is 9.81. The van der Waals surface area contributed by atoms with Crippen molar-refractivity contribution in [3.63, 3.8) is 0 Å². The zero-order valence-corrected chi connectivity index (χ0v) is 10.4. The van der Waals surface area contributed by atoms with E-state index in [2.05, 4.69) is 29.9 Å². The fourth-order valence-corrected chi connectivity index (χ4v) is 3.57. The van der Waals surface area contributed by atoms with Gasteiger partial charge < -0.3 is 5.32 Å². The Morgan fingerprint density at radius 1 is 1.40 bits per heavy atom. The van der Waals surface area contributed by atoms with Crippen molar-refractivity contribution >= 4 is 11.3 Å². The molecule has 0 spiro atoms. The predicted molar refractivity (Wildman–Crippen MR) is 67.5 cm³/mol. The zero-order chi connectivity index (χ0) is 10.6. The van der Waals surface area contributed by atoms with Gasteiger partial charge in [-0.25, -0.2) is 0 Å². The van der Waals surface area contributed by atoms with E-state index in [-0.39, 0.29) is 0 Å². The van der Waals surface area contributed by atoms with Gasteiger partial charge >= 0.3 is 0 Å². The first-order chi connectivity index (χ1) is 7.35. The van der Waals surface area contributed by atoms with Gasteiger partial charge in [0, 0.05) is 11.4 Å². The third kappa shape index (κ3) is 2.82. The van der Waals surface area contributed by atoms with Crippen LogP contribution in [-0.4, -0.2) is 13.6 Å². The van der Waals surface area contributed by atoms with Crippen LogP contribution < -0.4 is 5.32 Å². The van der Waals surface area contributed by atoms with Gasteiger partial charge in [-0.3, -0.25) is 0 Å². The molecule has 1 fully saturated rings. The quantitative estimate of drug-likeness (QED) is 0.806. The Labute approximate surface area is 96.9 Å². The van der Waals surface area contributed by atoms with Crippen molar-refractivity contribution in [1.82, 2.24) is 5.32 Å². The maximum Gasteiger partial charge on any atom is 0.00454 e. The molecule has 84 valence electrons. The summed E-state index contributed by atoms with van der Waals surface area (Å²) in [6, 6.07) is 4.44. The Morgan fingerprint density at radius 2 is 2.20 bits per heavy atom. The average molecular weight is 223 g/mol. The van der Waals surface area contributed by atoms with Crippen molar-refractivity contribution in [3.8, 4) is 0 Å². The first-order valence-electron chi connectivity index (χ1n) is 6.02. The molecule has 1 aromatic heterocycles. The van der Waals surface area contributed by atoms with Gasteiger partial charge in [0.2, 0.25) is 0 Å². The van der Waals surface area contributed by atoms with E-state index in [9.17, 15) is 0 Å². The maximum absolute atomic E-state index is 3.38. The molecule has 1 nitrogen and oxygen atoms in total. The molecule has 1 aromatic rings. The molecular formula is C13H21NS. The van der Waals surface area contributed by atoms with Crippen LogP contribution in [0.1, 0.15) is 37.0 Å². The molecule has 0 saturated heterocycles. The summed E-state index contributed by atoms with van der Waals surface area (Å²) < 4.78 is 0. The van der Waals surface area contributed by atoms with Gasteiger partial charge in [0.25, 0.3) is 0 Å². The summed E-state index contributed by atoms with van der Waals surface area (Å²) in [5.41, 5.74) is 0.610. The standard InChI is InChI=1S/C13H21NS/c1-14-11-13(7-2-3-8-13)9-6-12-5-4-10-15-12/h4-5,10,14H,2-3,6-9,11H2,1H3. The van der Waals surface area contributed by atoms with Gasteiger partial charge in [0.15, 0.2) is 0 Å². The van der Waals surface area contributed by atoms with Gasteiger partial charge in [-0.05, 0) is 49.6 Å². The van der Waals surface area contributed by atoms with Gasteiger partial charge in [-0.1, -0.05) is 18.9 Å². The molecule has 0 amide bonds. The highest BCUT2D eigenvalue weighted by Gasteiger charge is 2.32. The molecule has 0 unspecified atom stereocenters. The molecule has 0 bridgehead atoms. The van der Waals surface area contributed by atoms with Crippen molar-refractivity contribution in [2.24, 2.45) is 5.41 Å². The minimum Gasteiger partial charge on any atom is -0.319 e. The highest BCUT2D eigenvalue weighted by Crippen LogP contribution is 2.41. The average Bonchev–Trinajstić information content (AvgIpc) is 2.85. The number of hydrogen-bond acceptors (Lipinski definition) is 2. The molecular weight excluding hydrogens is 202 g/mol. The summed E-state index contributed by atoms with van der Waals surface area (Å²) >= 11 is 1.90. The number of hydrogen-bond donors (Lipinski definition) is 1. The van der Waals surface area contributed by atoms with Crippen LogP contribution in [0, 0.1) is 5.41 Å². The van der Waals surface area contributed by atoms with Gasteiger partial charge in [-0.2, -0.15) is 0 Å². The predicted octanol–water partition coefficient (Wildman–Crippen LogP) is 3.46. The Balaban J connectivity index is 1.89. The van der Waals surface area contributed by atoms with E-state index in [4.69, 9.17) is 0 Å². The van der Waals surface area contributed by atoms with Crippen LogP contribution in [0.3, 0.4) is 0 Å². The van der Waals surface area contributed by atoms with E-state index in [1.807, 2.05) is 11.3 Å². The lowest BCUT2D eigenvalue weighted by molar-refractivity contribution is 0.265. The van der Waals surface area contributed by atoms with Crippen LogP contribution in [0.15, 0.2) is 17.5 Å². The monoisotopic (exact) mass is 223 g/mol. The molecule has 0 radical (unpaired) electrons. The van der Waals surface area contributed by atoms with Gasteiger partial charge in [0.1, 0.15) is 0 Å². The summed E-state index contributed by atoms with van der Waals surface area (Å²) in [7, 11) is 2.09.